The molecule has 0 saturated carbocycles. The van der Waals surface area contributed by atoms with Crippen molar-refractivity contribution < 1.29 is 9.90 Å². The molecule has 1 fully saturated rings. The van der Waals surface area contributed by atoms with Crippen LogP contribution in [0.1, 0.15) is 17.5 Å². The molecule has 0 spiro atoms. The summed E-state index contributed by atoms with van der Waals surface area (Å²) in [5.74, 6) is -0.0641. The highest BCUT2D eigenvalue weighted by Crippen LogP contribution is 2.24. The maximum absolute atomic E-state index is 12.8. The summed E-state index contributed by atoms with van der Waals surface area (Å²) < 4.78 is 0. The Labute approximate surface area is 182 Å². The minimum atomic E-state index is -0.506. The van der Waals surface area contributed by atoms with Gasteiger partial charge in [-0.05, 0) is 34.7 Å². The molecule has 4 rings (SSSR count). The van der Waals surface area contributed by atoms with Crippen LogP contribution in [0.25, 0.3) is 11.1 Å². The number of aliphatic hydroxyl groups is 1. The van der Waals surface area contributed by atoms with Gasteiger partial charge in [0.15, 0.2) is 0 Å². The van der Waals surface area contributed by atoms with Crippen molar-refractivity contribution in [3.05, 3.63) is 95.0 Å². The van der Waals surface area contributed by atoms with E-state index in [0.29, 0.717) is 31.1 Å². The lowest BCUT2D eigenvalue weighted by Crippen LogP contribution is -2.42. The molecule has 3 aromatic rings. The van der Waals surface area contributed by atoms with Gasteiger partial charge in [0, 0.05) is 24.7 Å². The second-order valence-electron chi connectivity index (χ2n) is 7.71. The van der Waals surface area contributed by atoms with Crippen LogP contribution in [0.3, 0.4) is 0 Å². The molecule has 0 aromatic heterocycles. The van der Waals surface area contributed by atoms with Crippen LogP contribution in [0.2, 0.25) is 5.02 Å². The van der Waals surface area contributed by atoms with Crippen molar-refractivity contribution in [2.45, 2.75) is 31.7 Å². The van der Waals surface area contributed by atoms with Crippen LogP contribution in [0, 0.1) is 0 Å². The van der Waals surface area contributed by atoms with Crippen LogP contribution >= 0.6 is 11.6 Å². The first-order valence-electron chi connectivity index (χ1n) is 10.2. The maximum atomic E-state index is 12.8. The van der Waals surface area contributed by atoms with Crippen molar-refractivity contribution in [1.29, 1.82) is 0 Å². The molecule has 2 atom stereocenters. The van der Waals surface area contributed by atoms with E-state index in [0.717, 1.165) is 16.7 Å². The van der Waals surface area contributed by atoms with Crippen LogP contribution in [0.4, 0.5) is 0 Å². The van der Waals surface area contributed by atoms with Gasteiger partial charge in [-0.15, -0.1) is 0 Å². The maximum Gasteiger partial charge on any atom is 0.237 e. The molecule has 4 nitrogen and oxygen atoms in total. The number of likely N-dealkylation sites (tertiary alicyclic amines) is 1. The minimum absolute atomic E-state index is 0.0641. The lowest BCUT2D eigenvalue weighted by atomic mass is 10.0. The third kappa shape index (κ3) is 4.90. The van der Waals surface area contributed by atoms with Crippen molar-refractivity contribution in [3.8, 4) is 11.1 Å². The predicted molar refractivity (Wildman–Crippen MR) is 120 cm³/mol. The topological polar surface area (TPSA) is 52.6 Å². The molecule has 1 aliphatic rings. The number of nitrogens with zero attached hydrogens (tertiary/aromatic N) is 1. The smallest absolute Gasteiger partial charge is 0.237 e. The number of benzene rings is 3. The molecule has 1 amide bonds. The number of amides is 1. The van der Waals surface area contributed by atoms with Crippen LogP contribution in [0.5, 0.6) is 0 Å². The number of carbonyl (C=O) groups is 1. The number of aliphatic hydroxyl groups excluding tert-OH is 1. The SMILES string of the molecule is O=C(NCc1ccc(-c2ccccc2)cc1)C1CC(O)CN1Cc1ccccc1Cl. The summed E-state index contributed by atoms with van der Waals surface area (Å²) in [7, 11) is 0. The van der Waals surface area contributed by atoms with Crippen molar-refractivity contribution in [3.63, 3.8) is 0 Å². The van der Waals surface area contributed by atoms with Crippen molar-refractivity contribution in [2.75, 3.05) is 6.54 Å². The van der Waals surface area contributed by atoms with E-state index in [1.54, 1.807) is 0 Å². The number of rotatable bonds is 6. The Bertz CT molecular complexity index is 992. The molecule has 3 aromatic carbocycles. The standard InChI is InChI=1S/C25H25ClN2O2/c26-23-9-5-4-8-21(23)16-28-17-22(29)14-24(28)25(30)27-15-18-10-12-20(13-11-18)19-6-2-1-3-7-19/h1-13,22,24,29H,14-17H2,(H,27,30). The Balaban J connectivity index is 1.37. The Hall–Kier alpha value is -2.66. The van der Waals surface area contributed by atoms with Gasteiger partial charge in [0.05, 0.1) is 12.1 Å². The normalized spacial score (nSPS) is 19.0. The number of halogens is 1. The molecule has 30 heavy (non-hydrogen) atoms. The lowest BCUT2D eigenvalue weighted by Gasteiger charge is -2.24. The van der Waals surface area contributed by atoms with Crippen molar-refractivity contribution in [1.82, 2.24) is 10.2 Å². The van der Waals surface area contributed by atoms with Crippen molar-refractivity contribution in [2.24, 2.45) is 0 Å². The monoisotopic (exact) mass is 420 g/mol. The second kappa shape index (κ2) is 9.43. The fourth-order valence-corrected chi connectivity index (χ4v) is 4.12. The third-order valence-electron chi connectivity index (χ3n) is 5.54. The van der Waals surface area contributed by atoms with Crippen molar-refractivity contribution >= 4 is 17.5 Å². The zero-order chi connectivity index (χ0) is 20.9. The summed E-state index contributed by atoms with van der Waals surface area (Å²) in [6.07, 6.45) is -0.0724. The van der Waals surface area contributed by atoms with E-state index in [9.17, 15) is 9.90 Å². The largest absolute Gasteiger partial charge is 0.392 e. The van der Waals surface area contributed by atoms with Gasteiger partial charge in [0.25, 0.3) is 0 Å². The van der Waals surface area contributed by atoms with E-state index in [-0.39, 0.29) is 11.9 Å². The summed E-state index contributed by atoms with van der Waals surface area (Å²) in [4.78, 5) is 14.8. The quantitative estimate of drug-likeness (QED) is 0.626. The molecule has 0 bridgehead atoms. The highest BCUT2D eigenvalue weighted by molar-refractivity contribution is 6.31. The van der Waals surface area contributed by atoms with Gasteiger partial charge in [0.2, 0.25) is 5.91 Å². The van der Waals surface area contributed by atoms with Gasteiger partial charge < -0.3 is 10.4 Å². The van der Waals surface area contributed by atoms with E-state index in [1.807, 2.05) is 59.5 Å². The summed E-state index contributed by atoms with van der Waals surface area (Å²) in [6, 6.07) is 25.7. The number of β-amino-alcohol motifs (C(OH)–C–C–N with tert-alkyl or cyclic N) is 1. The number of hydrogen-bond donors (Lipinski definition) is 2. The molecular weight excluding hydrogens is 396 g/mol. The van der Waals surface area contributed by atoms with E-state index >= 15 is 0 Å². The Morgan fingerprint density at radius 3 is 2.37 bits per heavy atom. The Morgan fingerprint density at radius 2 is 1.63 bits per heavy atom. The van der Waals surface area contributed by atoms with E-state index in [2.05, 4.69) is 29.6 Å². The Kier molecular flexibility index (Phi) is 6.48. The summed E-state index contributed by atoms with van der Waals surface area (Å²) in [5, 5.41) is 13.8. The molecule has 0 radical (unpaired) electrons. The van der Waals surface area contributed by atoms with Gasteiger partial charge in [-0.1, -0.05) is 84.4 Å². The van der Waals surface area contributed by atoms with Crippen LogP contribution in [0.15, 0.2) is 78.9 Å². The zero-order valence-electron chi connectivity index (χ0n) is 16.7. The molecule has 2 unspecified atom stereocenters. The first kappa shape index (κ1) is 20.6. The van der Waals surface area contributed by atoms with E-state index < -0.39 is 6.10 Å². The average Bonchev–Trinajstić information content (AvgIpc) is 3.15. The van der Waals surface area contributed by atoms with E-state index in [4.69, 9.17) is 11.6 Å². The van der Waals surface area contributed by atoms with Gasteiger partial charge in [0.1, 0.15) is 0 Å². The predicted octanol–water partition coefficient (Wildman–Crippen LogP) is 4.26. The van der Waals surface area contributed by atoms with Gasteiger partial charge in [-0.25, -0.2) is 0 Å². The number of hydrogen-bond acceptors (Lipinski definition) is 3. The first-order valence-corrected chi connectivity index (χ1v) is 10.6. The highest BCUT2D eigenvalue weighted by atomic mass is 35.5. The average molecular weight is 421 g/mol. The number of nitrogens with one attached hydrogen (secondary N) is 1. The summed E-state index contributed by atoms with van der Waals surface area (Å²) >= 11 is 6.27. The summed E-state index contributed by atoms with van der Waals surface area (Å²) in [6.45, 7) is 1.47. The molecular formula is C25H25ClN2O2. The molecule has 0 aliphatic carbocycles. The summed E-state index contributed by atoms with van der Waals surface area (Å²) in [5.41, 5.74) is 4.32. The lowest BCUT2D eigenvalue weighted by molar-refractivity contribution is -0.125. The molecule has 5 heteroatoms. The molecule has 154 valence electrons. The van der Waals surface area contributed by atoms with Crippen LogP contribution in [-0.4, -0.2) is 34.6 Å². The van der Waals surface area contributed by atoms with Gasteiger partial charge in [-0.2, -0.15) is 0 Å². The van der Waals surface area contributed by atoms with Crippen LogP contribution in [-0.2, 0) is 17.9 Å². The van der Waals surface area contributed by atoms with Crippen LogP contribution < -0.4 is 5.32 Å². The van der Waals surface area contributed by atoms with Gasteiger partial charge in [-0.3, -0.25) is 9.69 Å². The molecule has 1 heterocycles. The second-order valence-corrected chi connectivity index (χ2v) is 8.11. The molecule has 2 N–H and O–H groups in total. The third-order valence-corrected chi connectivity index (χ3v) is 5.91. The highest BCUT2D eigenvalue weighted by Gasteiger charge is 2.35. The zero-order valence-corrected chi connectivity index (χ0v) is 17.4. The fourth-order valence-electron chi connectivity index (χ4n) is 3.92. The molecule has 1 saturated heterocycles. The number of carbonyl (C=O) groups excluding carboxylic acids is 1. The first-order chi connectivity index (χ1) is 14.6. The fraction of sp³-hybridized carbons (Fsp3) is 0.240. The van der Waals surface area contributed by atoms with E-state index in [1.165, 1.54) is 5.56 Å². The minimum Gasteiger partial charge on any atom is -0.392 e. The Morgan fingerprint density at radius 1 is 0.967 bits per heavy atom. The molecule has 1 aliphatic heterocycles. The van der Waals surface area contributed by atoms with Gasteiger partial charge >= 0.3 is 0 Å².